The van der Waals surface area contributed by atoms with E-state index in [1.807, 2.05) is 0 Å². The predicted molar refractivity (Wildman–Crippen MR) is 141 cm³/mol. The standard InChI is InChI=1S/C27H38N4O3S/c1-22-8-6-9-25(20-22)30-18-16-29(17-19-30)13-7-12-28-27(32)24-11-10-23(2)26(21-24)35(33,34)31-14-4-3-5-15-31/h6,8-11,20-21H,3-5,7,12-19H2,1-2H3,(H,28,32). The van der Waals surface area contributed by atoms with Crippen LogP contribution in [0, 0.1) is 13.8 Å². The number of anilines is 1. The largest absolute Gasteiger partial charge is 0.369 e. The number of rotatable bonds is 8. The van der Waals surface area contributed by atoms with E-state index in [1.54, 1.807) is 29.4 Å². The van der Waals surface area contributed by atoms with E-state index >= 15 is 0 Å². The van der Waals surface area contributed by atoms with Gasteiger partial charge >= 0.3 is 0 Å². The summed E-state index contributed by atoms with van der Waals surface area (Å²) in [6, 6.07) is 13.6. The van der Waals surface area contributed by atoms with Crippen LogP contribution in [-0.2, 0) is 10.0 Å². The number of carbonyl (C=O) groups excluding carboxylic acids is 1. The first-order valence-electron chi connectivity index (χ1n) is 12.8. The van der Waals surface area contributed by atoms with Crippen LogP contribution >= 0.6 is 0 Å². The third-order valence-electron chi connectivity index (χ3n) is 7.06. The van der Waals surface area contributed by atoms with Gasteiger partial charge in [0.1, 0.15) is 0 Å². The van der Waals surface area contributed by atoms with Gasteiger partial charge in [-0.2, -0.15) is 4.31 Å². The molecule has 2 aromatic carbocycles. The average molecular weight is 499 g/mol. The number of piperazine rings is 1. The fraction of sp³-hybridized carbons (Fsp3) is 0.519. The van der Waals surface area contributed by atoms with Gasteiger partial charge in [0.2, 0.25) is 10.0 Å². The summed E-state index contributed by atoms with van der Waals surface area (Å²) in [6.07, 6.45) is 3.70. The number of nitrogens with zero attached hydrogens (tertiary/aromatic N) is 3. The first kappa shape index (κ1) is 25.7. The van der Waals surface area contributed by atoms with Crippen LogP contribution in [0.25, 0.3) is 0 Å². The zero-order valence-electron chi connectivity index (χ0n) is 21.0. The molecule has 1 N–H and O–H groups in total. The number of carbonyl (C=O) groups is 1. The maximum Gasteiger partial charge on any atom is 0.251 e. The van der Waals surface area contributed by atoms with Gasteiger partial charge in [-0.1, -0.05) is 24.6 Å². The number of benzene rings is 2. The Morgan fingerprint density at radius 2 is 1.66 bits per heavy atom. The Labute approximate surface area is 210 Å². The van der Waals surface area contributed by atoms with E-state index in [4.69, 9.17) is 0 Å². The summed E-state index contributed by atoms with van der Waals surface area (Å²) in [6.45, 7) is 10.6. The Bertz CT molecular complexity index is 1120. The highest BCUT2D eigenvalue weighted by atomic mass is 32.2. The molecule has 0 saturated carbocycles. The molecular weight excluding hydrogens is 460 g/mol. The van der Waals surface area contributed by atoms with Gasteiger partial charge in [0.25, 0.3) is 5.91 Å². The van der Waals surface area contributed by atoms with Crippen molar-refractivity contribution >= 4 is 21.6 Å². The van der Waals surface area contributed by atoms with Crippen molar-refractivity contribution in [2.24, 2.45) is 0 Å². The zero-order chi connectivity index (χ0) is 24.8. The summed E-state index contributed by atoms with van der Waals surface area (Å²) >= 11 is 0. The van der Waals surface area contributed by atoms with E-state index in [9.17, 15) is 13.2 Å². The minimum atomic E-state index is -3.57. The van der Waals surface area contributed by atoms with Gasteiger partial charge in [-0.05, 0) is 75.0 Å². The van der Waals surface area contributed by atoms with Gasteiger partial charge in [-0.25, -0.2) is 8.42 Å². The van der Waals surface area contributed by atoms with Crippen molar-refractivity contribution in [2.45, 2.75) is 44.4 Å². The molecule has 0 aliphatic carbocycles. The maximum atomic E-state index is 13.1. The predicted octanol–water partition coefficient (Wildman–Crippen LogP) is 3.42. The highest BCUT2D eigenvalue weighted by Gasteiger charge is 2.28. The van der Waals surface area contributed by atoms with E-state index in [2.05, 4.69) is 46.3 Å². The molecule has 0 atom stereocenters. The smallest absolute Gasteiger partial charge is 0.251 e. The number of amides is 1. The molecule has 2 aliphatic heterocycles. The molecule has 4 rings (SSSR count). The summed E-state index contributed by atoms with van der Waals surface area (Å²) in [5.41, 5.74) is 3.65. The Kier molecular flexibility index (Phi) is 8.46. The summed E-state index contributed by atoms with van der Waals surface area (Å²) in [5.74, 6) is -0.218. The van der Waals surface area contributed by atoms with Crippen LogP contribution in [0.15, 0.2) is 47.4 Å². The lowest BCUT2D eigenvalue weighted by Crippen LogP contribution is -2.47. The second kappa shape index (κ2) is 11.5. The van der Waals surface area contributed by atoms with Crippen LogP contribution in [0.4, 0.5) is 5.69 Å². The quantitative estimate of drug-likeness (QED) is 0.565. The first-order chi connectivity index (χ1) is 16.8. The number of piperidine rings is 1. The molecule has 1 amide bonds. The van der Waals surface area contributed by atoms with Gasteiger partial charge in [-0.15, -0.1) is 0 Å². The molecule has 7 nitrogen and oxygen atoms in total. The fourth-order valence-electron chi connectivity index (χ4n) is 4.92. The number of sulfonamides is 1. The minimum Gasteiger partial charge on any atom is -0.369 e. The lowest BCUT2D eigenvalue weighted by atomic mass is 10.1. The van der Waals surface area contributed by atoms with Crippen LogP contribution in [0.1, 0.15) is 47.2 Å². The van der Waals surface area contributed by atoms with Gasteiger partial charge in [-0.3, -0.25) is 9.69 Å². The second-order valence-corrected chi connectivity index (χ2v) is 11.6. The fourth-order valence-corrected chi connectivity index (χ4v) is 6.69. The molecule has 0 aromatic heterocycles. The van der Waals surface area contributed by atoms with Gasteiger partial charge in [0.05, 0.1) is 4.90 Å². The van der Waals surface area contributed by atoms with E-state index in [-0.39, 0.29) is 10.8 Å². The number of hydrogen-bond donors (Lipinski definition) is 1. The van der Waals surface area contributed by atoms with Crippen LogP contribution in [-0.4, -0.2) is 75.9 Å². The SMILES string of the molecule is Cc1cccc(N2CCN(CCCNC(=O)c3ccc(C)c(S(=O)(=O)N4CCCCC4)c3)CC2)c1. The summed E-state index contributed by atoms with van der Waals surface area (Å²) in [7, 11) is -3.57. The van der Waals surface area contributed by atoms with Crippen LogP contribution < -0.4 is 10.2 Å². The van der Waals surface area contributed by atoms with Gasteiger partial charge in [0.15, 0.2) is 0 Å². The monoisotopic (exact) mass is 498 g/mol. The normalized spacial score (nSPS) is 17.9. The number of hydrogen-bond acceptors (Lipinski definition) is 5. The summed E-state index contributed by atoms with van der Waals surface area (Å²) < 4.78 is 27.8. The van der Waals surface area contributed by atoms with Crippen molar-refractivity contribution in [1.82, 2.24) is 14.5 Å². The topological polar surface area (TPSA) is 73.0 Å². The lowest BCUT2D eigenvalue weighted by Gasteiger charge is -2.36. The lowest BCUT2D eigenvalue weighted by molar-refractivity contribution is 0.0951. The molecule has 190 valence electrons. The third-order valence-corrected chi connectivity index (χ3v) is 9.10. The van der Waals surface area contributed by atoms with Crippen LogP contribution in [0.2, 0.25) is 0 Å². The third kappa shape index (κ3) is 6.42. The highest BCUT2D eigenvalue weighted by Crippen LogP contribution is 2.24. The van der Waals surface area contributed by atoms with Gasteiger partial charge in [0, 0.05) is 57.1 Å². The molecule has 0 spiro atoms. The van der Waals surface area contributed by atoms with Gasteiger partial charge < -0.3 is 10.2 Å². The van der Waals surface area contributed by atoms with E-state index < -0.39 is 10.0 Å². The molecular formula is C27H38N4O3S. The Balaban J connectivity index is 1.24. The Hall–Kier alpha value is -2.42. The molecule has 8 heteroatoms. The second-order valence-electron chi connectivity index (χ2n) is 9.72. The zero-order valence-corrected chi connectivity index (χ0v) is 21.8. The Morgan fingerprint density at radius 1 is 0.914 bits per heavy atom. The van der Waals surface area contributed by atoms with E-state index in [0.717, 1.165) is 58.4 Å². The molecule has 0 radical (unpaired) electrons. The molecule has 0 bridgehead atoms. The van der Waals surface area contributed by atoms with Crippen molar-refractivity contribution in [3.63, 3.8) is 0 Å². The Morgan fingerprint density at radius 3 is 2.37 bits per heavy atom. The molecule has 0 unspecified atom stereocenters. The maximum absolute atomic E-state index is 13.1. The molecule has 2 heterocycles. The van der Waals surface area contributed by atoms with Crippen molar-refractivity contribution in [1.29, 1.82) is 0 Å². The van der Waals surface area contributed by atoms with Crippen LogP contribution in [0.5, 0.6) is 0 Å². The van der Waals surface area contributed by atoms with Crippen molar-refractivity contribution in [3.8, 4) is 0 Å². The molecule has 2 saturated heterocycles. The van der Waals surface area contributed by atoms with E-state index in [1.165, 1.54) is 11.3 Å². The highest BCUT2D eigenvalue weighted by molar-refractivity contribution is 7.89. The molecule has 2 aliphatic rings. The van der Waals surface area contributed by atoms with E-state index in [0.29, 0.717) is 30.8 Å². The molecule has 35 heavy (non-hydrogen) atoms. The van der Waals surface area contributed by atoms with Crippen molar-refractivity contribution in [2.75, 3.05) is 57.3 Å². The van der Waals surface area contributed by atoms with Crippen LogP contribution in [0.3, 0.4) is 0 Å². The first-order valence-corrected chi connectivity index (χ1v) is 14.2. The number of aryl methyl sites for hydroxylation is 2. The summed E-state index contributed by atoms with van der Waals surface area (Å²) in [5, 5.41) is 2.97. The molecule has 2 aromatic rings. The minimum absolute atomic E-state index is 0.218. The average Bonchev–Trinajstić information content (AvgIpc) is 2.87. The summed E-state index contributed by atoms with van der Waals surface area (Å²) in [4.78, 5) is 17.9. The van der Waals surface area contributed by atoms with Crippen molar-refractivity contribution in [3.05, 3.63) is 59.2 Å². The van der Waals surface area contributed by atoms with Crippen molar-refractivity contribution < 1.29 is 13.2 Å². The number of nitrogens with one attached hydrogen (secondary N) is 1. The molecule has 2 fully saturated rings.